The van der Waals surface area contributed by atoms with Crippen molar-refractivity contribution in [2.45, 2.75) is 12.8 Å². The van der Waals surface area contributed by atoms with E-state index in [4.69, 9.17) is 5.84 Å². The van der Waals surface area contributed by atoms with Crippen molar-refractivity contribution in [2.75, 3.05) is 5.43 Å². The van der Waals surface area contributed by atoms with Crippen LogP contribution in [0.2, 0.25) is 0 Å². The van der Waals surface area contributed by atoms with Gasteiger partial charge in [0.1, 0.15) is 5.78 Å². The summed E-state index contributed by atoms with van der Waals surface area (Å²) in [6, 6.07) is 9.60. The normalized spacial score (nSPS) is 12.9. The first kappa shape index (κ1) is 8.74. The van der Waals surface area contributed by atoms with Crippen LogP contribution < -0.4 is 11.3 Å². The van der Waals surface area contributed by atoms with Crippen LogP contribution in [0.1, 0.15) is 12.8 Å². The summed E-state index contributed by atoms with van der Waals surface area (Å²) in [5.41, 5.74) is 3.46. The Bertz CT molecular complexity index is 240. The summed E-state index contributed by atoms with van der Waals surface area (Å²) < 4.78 is 0. The van der Waals surface area contributed by atoms with E-state index in [2.05, 4.69) is 5.43 Å². The van der Waals surface area contributed by atoms with E-state index in [1.165, 1.54) is 0 Å². The first-order valence-corrected chi connectivity index (χ1v) is 3.86. The van der Waals surface area contributed by atoms with Crippen molar-refractivity contribution in [1.29, 1.82) is 0 Å². The molecule has 3 heteroatoms. The van der Waals surface area contributed by atoms with Gasteiger partial charge in [-0.2, -0.15) is 0 Å². The number of nitrogens with two attached hydrogens (primary N) is 1. The second-order valence-electron chi connectivity index (χ2n) is 2.55. The molecule has 0 radical (unpaired) electrons. The summed E-state index contributed by atoms with van der Waals surface area (Å²) in [7, 11) is 0. The minimum Gasteiger partial charge on any atom is -0.324 e. The molecule has 0 amide bonds. The van der Waals surface area contributed by atoms with Crippen LogP contribution in [0.4, 0.5) is 5.69 Å². The van der Waals surface area contributed by atoms with Crippen LogP contribution in [0.25, 0.3) is 0 Å². The number of benzene rings is 1. The molecule has 0 bridgehead atoms. The van der Waals surface area contributed by atoms with Crippen molar-refractivity contribution in [2.24, 2.45) is 5.84 Å². The number of nitrogen functional groups attached to an aromatic ring is 1. The second-order valence-corrected chi connectivity index (χ2v) is 2.55. The van der Waals surface area contributed by atoms with Crippen LogP contribution in [-0.4, -0.2) is 5.78 Å². The number of hydrogen-bond donors (Lipinski definition) is 2. The fourth-order valence-corrected chi connectivity index (χ4v) is 0.585. The van der Waals surface area contributed by atoms with E-state index in [1.54, 1.807) is 0 Å². The topological polar surface area (TPSA) is 55.1 Å². The van der Waals surface area contributed by atoms with E-state index in [1.807, 2.05) is 30.3 Å². The predicted molar refractivity (Wildman–Crippen MR) is 48.5 cm³/mol. The Labute approximate surface area is 71.5 Å². The Morgan fingerprint density at radius 3 is 1.92 bits per heavy atom. The number of rotatable bonds is 1. The predicted octanol–water partition coefficient (Wildman–Crippen LogP) is 1.32. The molecule has 1 aliphatic rings. The highest BCUT2D eigenvalue weighted by Crippen LogP contribution is 2.08. The van der Waals surface area contributed by atoms with E-state index in [9.17, 15) is 4.79 Å². The number of carbonyl (C=O) groups excluding carboxylic acids is 1. The lowest BCUT2D eigenvalue weighted by atomic mass is 10.3. The number of anilines is 1. The molecule has 0 aromatic heterocycles. The van der Waals surface area contributed by atoms with E-state index in [0.717, 1.165) is 18.5 Å². The third-order valence-electron chi connectivity index (χ3n) is 1.39. The summed E-state index contributed by atoms with van der Waals surface area (Å²) in [5, 5.41) is 0. The number of nitrogens with one attached hydrogen (secondary N) is 1. The lowest BCUT2D eigenvalue weighted by Gasteiger charge is -1.94. The molecule has 3 N–H and O–H groups in total. The molecule has 2 rings (SSSR count). The molecule has 3 nitrogen and oxygen atoms in total. The largest absolute Gasteiger partial charge is 0.324 e. The fraction of sp³-hybridized carbons (Fsp3) is 0.222. The Morgan fingerprint density at radius 2 is 1.67 bits per heavy atom. The maximum atomic E-state index is 9.56. The van der Waals surface area contributed by atoms with Crippen LogP contribution >= 0.6 is 0 Å². The minimum absolute atomic E-state index is 0.417. The second kappa shape index (κ2) is 4.51. The van der Waals surface area contributed by atoms with E-state index in [0.29, 0.717) is 5.78 Å². The highest BCUT2D eigenvalue weighted by molar-refractivity contribution is 5.92. The smallest absolute Gasteiger partial charge is 0.133 e. The number of para-hydroxylation sites is 1. The standard InChI is InChI=1S/C6H8N2.C3H4O/c7-8-6-4-2-1-3-5-6;4-3-1-2-3/h1-5,8H,7H2;1-2H2. The lowest BCUT2D eigenvalue weighted by molar-refractivity contribution is -0.109. The molecule has 0 unspecified atom stereocenters. The number of carbonyl (C=O) groups is 1. The molecule has 1 saturated carbocycles. The quantitative estimate of drug-likeness (QED) is 0.486. The van der Waals surface area contributed by atoms with Gasteiger partial charge in [0.25, 0.3) is 0 Å². The third kappa shape index (κ3) is 3.73. The minimum atomic E-state index is 0.417. The van der Waals surface area contributed by atoms with Gasteiger partial charge in [-0.05, 0) is 12.1 Å². The molecule has 1 aromatic rings. The third-order valence-corrected chi connectivity index (χ3v) is 1.39. The molecule has 1 aromatic carbocycles. The number of hydrazine groups is 1. The maximum absolute atomic E-state index is 9.56. The molecule has 1 aliphatic carbocycles. The van der Waals surface area contributed by atoms with Gasteiger partial charge in [0, 0.05) is 18.5 Å². The van der Waals surface area contributed by atoms with Gasteiger partial charge in [-0.3, -0.25) is 10.6 Å². The van der Waals surface area contributed by atoms with Crippen molar-refractivity contribution < 1.29 is 4.79 Å². The van der Waals surface area contributed by atoms with E-state index in [-0.39, 0.29) is 0 Å². The Morgan fingerprint density at radius 1 is 1.17 bits per heavy atom. The molecule has 0 atom stereocenters. The molecule has 1 fully saturated rings. The van der Waals surface area contributed by atoms with E-state index < -0.39 is 0 Å². The maximum Gasteiger partial charge on any atom is 0.133 e. The van der Waals surface area contributed by atoms with Crippen LogP contribution in [-0.2, 0) is 4.79 Å². The Balaban J connectivity index is 0.000000150. The van der Waals surface area contributed by atoms with Crippen molar-refractivity contribution in [3.63, 3.8) is 0 Å². The number of hydrogen-bond acceptors (Lipinski definition) is 3. The van der Waals surface area contributed by atoms with Crippen molar-refractivity contribution >= 4 is 11.5 Å². The lowest BCUT2D eigenvalue weighted by Crippen LogP contribution is -2.05. The molecule has 0 saturated heterocycles. The summed E-state index contributed by atoms with van der Waals surface area (Å²) in [5.74, 6) is 5.52. The zero-order chi connectivity index (χ0) is 8.81. The summed E-state index contributed by atoms with van der Waals surface area (Å²) in [6.07, 6.45) is 1.69. The van der Waals surface area contributed by atoms with Gasteiger partial charge in [0.2, 0.25) is 0 Å². The van der Waals surface area contributed by atoms with Crippen molar-refractivity contribution in [3.05, 3.63) is 30.3 Å². The first-order valence-electron chi connectivity index (χ1n) is 3.86. The molecular formula is C9H12N2O. The van der Waals surface area contributed by atoms with Gasteiger partial charge in [-0.15, -0.1) is 0 Å². The molecule has 0 spiro atoms. The molecule has 0 aliphatic heterocycles. The van der Waals surface area contributed by atoms with E-state index >= 15 is 0 Å². The SMILES string of the molecule is NNc1ccccc1.O=C1CC1. The summed E-state index contributed by atoms with van der Waals surface area (Å²) in [6.45, 7) is 0. The zero-order valence-corrected chi connectivity index (χ0v) is 6.79. The summed E-state index contributed by atoms with van der Waals surface area (Å²) >= 11 is 0. The first-order chi connectivity index (χ1) is 5.83. The highest BCUT2D eigenvalue weighted by Gasteiger charge is 2.13. The zero-order valence-electron chi connectivity index (χ0n) is 6.79. The van der Waals surface area contributed by atoms with Crippen LogP contribution in [0.15, 0.2) is 30.3 Å². The Hall–Kier alpha value is -1.35. The van der Waals surface area contributed by atoms with Crippen LogP contribution in [0.3, 0.4) is 0 Å². The van der Waals surface area contributed by atoms with Gasteiger partial charge in [-0.25, -0.2) is 0 Å². The fourth-order valence-electron chi connectivity index (χ4n) is 0.585. The molecular weight excluding hydrogens is 152 g/mol. The van der Waals surface area contributed by atoms with Crippen LogP contribution in [0.5, 0.6) is 0 Å². The van der Waals surface area contributed by atoms with Gasteiger partial charge in [-0.1, -0.05) is 18.2 Å². The van der Waals surface area contributed by atoms with Gasteiger partial charge in [0.15, 0.2) is 0 Å². The average Bonchev–Trinajstić information content (AvgIpc) is 2.90. The van der Waals surface area contributed by atoms with Gasteiger partial charge >= 0.3 is 0 Å². The highest BCUT2D eigenvalue weighted by atomic mass is 16.1. The molecule has 12 heavy (non-hydrogen) atoms. The number of ketones is 1. The van der Waals surface area contributed by atoms with Crippen LogP contribution in [0, 0.1) is 0 Å². The molecule has 0 heterocycles. The molecule has 64 valence electrons. The average molecular weight is 164 g/mol. The summed E-state index contributed by atoms with van der Waals surface area (Å²) in [4.78, 5) is 9.56. The van der Waals surface area contributed by atoms with Gasteiger partial charge in [0.05, 0.1) is 0 Å². The van der Waals surface area contributed by atoms with Crippen molar-refractivity contribution in [1.82, 2.24) is 0 Å². The monoisotopic (exact) mass is 164 g/mol. The van der Waals surface area contributed by atoms with Crippen molar-refractivity contribution in [3.8, 4) is 0 Å². The Kier molecular flexibility index (Phi) is 3.29. The van der Waals surface area contributed by atoms with Gasteiger partial charge < -0.3 is 5.43 Å². The number of Topliss-reactive ketones (excluding diaryl/α,β-unsaturated/α-hetero) is 1.